The molecule has 0 saturated heterocycles. The Hall–Kier alpha value is -3.44. The van der Waals surface area contributed by atoms with Crippen molar-refractivity contribution in [1.29, 1.82) is 0 Å². The summed E-state index contributed by atoms with van der Waals surface area (Å²) in [6.07, 6.45) is 0. The van der Waals surface area contributed by atoms with Crippen molar-refractivity contribution < 1.29 is 4.42 Å². The molecule has 0 atom stereocenters. The quantitative estimate of drug-likeness (QED) is 0.392. The third-order valence-corrected chi connectivity index (χ3v) is 5.49. The molecule has 5 aromatic rings. The van der Waals surface area contributed by atoms with E-state index in [9.17, 15) is 0 Å². The van der Waals surface area contributed by atoms with Crippen LogP contribution in [0.1, 0.15) is 5.56 Å². The summed E-state index contributed by atoms with van der Waals surface area (Å²) < 4.78 is 7.26. The van der Waals surface area contributed by atoms with E-state index in [-0.39, 0.29) is 0 Å². The van der Waals surface area contributed by atoms with Crippen molar-refractivity contribution in [2.75, 3.05) is 5.43 Å². The van der Waals surface area contributed by atoms with Gasteiger partial charge in [0.15, 0.2) is 0 Å². The number of para-hydroxylation sites is 2. The number of nitrogens with zero attached hydrogens (tertiary/aromatic N) is 2. The molecule has 1 N–H and O–H groups in total. The monoisotopic (exact) mass is 383 g/mol. The topological polar surface area (TPSA) is 50.4 Å². The molecule has 0 spiro atoms. The highest BCUT2D eigenvalue weighted by molar-refractivity contribution is 7.22. The fourth-order valence-electron chi connectivity index (χ4n) is 3.10. The van der Waals surface area contributed by atoms with E-state index in [2.05, 4.69) is 52.8 Å². The minimum atomic E-state index is 0.767. The summed E-state index contributed by atoms with van der Waals surface area (Å²) in [5.74, 6) is 0.781. The predicted molar refractivity (Wildman–Crippen MR) is 115 cm³/mol. The molecule has 0 unspecified atom stereocenters. The van der Waals surface area contributed by atoms with Crippen molar-refractivity contribution in [2.24, 2.45) is 5.10 Å². The zero-order chi connectivity index (χ0) is 18.9. The predicted octanol–water partition coefficient (Wildman–Crippen LogP) is 5.95. The number of anilines is 1. The largest absolute Gasteiger partial charge is 0.456 e. The Balaban J connectivity index is 1.62. The Labute approximate surface area is 165 Å². The van der Waals surface area contributed by atoms with E-state index in [1.54, 1.807) is 11.3 Å². The number of hydrogen-bond donors (Lipinski definition) is 1. The molecule has 0 aliphatic rings. The maximum absolute atomic E-state index is 6.13. The van der Waals surface area contributed by atoms with Crippen LogP contribution in [-0.4, -0.2) is 4.98 Å². The molecule has 0 aliphatic heterocycles. The molecule has 28 heavy (non-hydrogen) atoms. The number of fused-ring (bicyclic) bond motifs is 2. The first kappa shape index (κ1) is 16.7. The average Bonchev–Trinajstić information content (AvgIpc) is 3.15. The van der Waals surface area contributed by atoms with E-state index < -0.39 is 0 Å². The van der Waals surface area contributed by atoms with Crippen molar-refractivity contribution >= 4 is 37.7 Å². The van der Waals surface area contributed by atoms with E-state index in [1.165, 1.54) is 5.56 Å². The van der Waals surface area contributed by atoms with Gasteiger partial charge in [-0.3, -0.25) is 5.43 Å². The van der Waals surface area contributed by atoms with Gasteiger partial charge >= 0.3 is 0 Å². The number of nitrogens with one attached hydrogen (secondary N) is 1. The fraction of sp³-hybridized carbons (Fsp3) is 0.0435. The first-order chi connectivity index (χ1) is 13.8. The highest BCUT2D eigenvalue weighted by atomic mass is 32.1. The van der Waals surface area contributed by atoms with E-state index >= 15 is 0 Å². The summed E-state index contributed by atoms with van der Waals surface area (Å²) in [6.45, 7) is 2.07. The van der Waals surface area contributed by atoms with Gasteiger partial charge in [0.05, 0.1) is 15.6 Å². The van der Waals surface area contributed by atoms with Crippen LogP contribution in [0.3, 0.4) is 0 Å². The van der Waals surface area contributed by atoms with Crippen LogP contribution in [-0.2, 0) is 0 Å². The minimum absolute atomic E-state index is 0.767. The van der Waals surface area contributed by atoms with Crippen molar-refractivity contribution in [1.82, 2.24) is 4.98 Å². The van der Waals surface area contributed by atoms with Gasteiger partial charge in [0, 0.05) is 17.0 Å². The van der Waals surface area contributed by atoms with Gasteiger partial charge in [-0.1, -0.05) is 65.4 Å². The van der Waals surface area contributed by atoms with Crippen molar-refractivity contribution in [3.63, 3.8) is 0 Å². The Morgan fingerprint density at radius 3 is 2.57 bits per heavy atom. The van der Waals surface area contributed by atoms with Crippen LogP contribution in [0.15, 0.2) is 88.4 Å². The van der Waals surface area contributed by atoms with Crippen LogP contribution in [0.5, 0.6) is 0 Å². The van der Waals surface area contributed by atoms with Crippen LogP contribution >= 0.6 is 11.3 Å². The Bertz CT molecular complexity index is 1320. The molecule has 0 fully saturated rings. The summed E-state index contributed by atoms with van der Waals surface area (Å²) in [6, 6.07) is 26.2. The van der Waals surface area contributed by atoms with Gasteiger partial charge in [0.2, 0.25) is 5.13 Å². The summed E-state index contributed by atoms with van der Waals surface area (Å²) in [5.41, 5.74) is 7.12. The zero-order valence-corrected chi connectivity index (χ0v) is 16.0. The van der Waals surface area contributed by atoms with Crippen LogP contribution < -0.4 is 10.8 Å². The lowest BCUT2D eigenvalue weighted by Gasteiger charge is -2.05. The molecule has 0 amide bonds. The number of rotatable bonds is 3. The second-order valence-corrected chi connectivity index (χ2v) is 7.60. The lowest BCUT2D eigenvalue weighted by molar-refractivity contribution is 0.618. The van der Waals surface area contributed by atoms with Crippen LogP contribution in [0.2, 0.25) is 0 Å². The second-order valence-electron chi connectivity index (χ2n) is 6.57. The molecule has 0 radical (unpaired) electrons. The van der Waals surface area contributed by atoms with Gasteiger partial charge in [-0.15, -0.1) is 0 Å². The third-order valence-electron chi connectivity index (χ3n) is 4.55. The number of aryl methyl sites for hydroxylation is 1. The Morgan fingerprint density at radius 1 is 0.929 bits per heavy atom. The van der Waals surface area contributed by atoms with Gasteiger partial charge in [-0.25, -0.2) is 4.98 Å². The molecule has 2 heterocycles. The standard InChI is InChI=1S/C23H17N3OS/c1-15-10-12-16(13-11-15)21-14-19(17-6-2-4-8-20(17)27-21)25-26-23-24-18-7-3-5-9-22(18)28-23/h2-14H,1H3,(H,24,26)/b25-19-. The lowest BCUT2D eigenvalue weighted by atomic mass is 10.1. The average molecular weight is 383 g/mol. The summed E-state index contributed by atoms with van der Waals surface area (Å²) >= 11 is 1.58. The van der Waals surface area contributed by atoms with Crippen LogP contribution in [0.4, 0.5) is 5.13 Å². The van der Waals surface area contributed by atoms with Gasteiger partial charge in [-0.05, 0) is 31.2 Å². The SMILES string of the molecule is Cc1ccc(-c2c/c(=N/Nc3nc4ccccc4s3)c3ccccc3o2)cc1. The maximum atomic E-state index is 6.13. The van der Waals surface area contributed by atoms with E-state index in [0.717, 1.165) is 43.0 Å². The van der Waals surface area contributed by atoms with Crippen molar-refractivity contribution in [2.45, 2.75) is 6.92 Å². The van der Waals surface area contributed by atoms with Crippen molar-refractivity contribution in [3.05, 3.63) is 89.8 Å². The van der Waals surface area contributed by atoms with Crippen LogP contribution in [0, 0.1) is 6.92 Å². The molecule has 5 heteroatoms. The number of thiazole rings is 1. The second kappa shape index (κ2) is 6.94. The van der Waals surface area contributed by atoms with Crippen LogP contribution in [0.25, 0.3) is 32.5 Å². The third kappa shape index (κ3) is 3.17. The summed E-state index contributed by atoms with van der Waals surface area (Å²) in [5, 5.41) is 7.18. The summed E-state index contributed by atoms with van der Waals surface area (Å²) in [7, 11) is 0. The molecule has 5 rings (SSSR count). The molecule has 2 aromatic heterocycles. The summed E-state index contributed by atoms with van der Waals surface area (Å²) in [4.78, 5) is 4.59. The highest BCUT2D eigenvalue weighted by Gasteiger charge is 2.06. The smallest absolute Gasteiger partial charge is 0.204 e. The highest BCUT2D eigenvalue weighted by Crippen LogP contribution is 2.26. The first-order valence-electron chi connectivity index (χ1n) is 9.01. The molecule has 136 valence electrons. The normalized spacial score (nSPS) is 12.0. The van der Waals surface area contributed by atoms with Gasteiger partial charge in [0.25, 0.3) is 0 Å². The van der Waals surface area contributed by atoms with E-state index in [4.69, 9.17) is 4.42 Å². The molecular formula is C23H17N3OS. The molecule has 0 bridgehead atoms. The lowest BCUT2D eigenvalue weighted by Crippen LogP contribution is -2.07. The van der Waals surface area contributed by atoms with Gasteiger partial charge < -0.3 is 4.42 Å². The van der Waals surface area contributed by atoms with E-state index in [1.807, 2.05) is 48.5 Å². The fourth-order valence-corrected chi connectivity index (χ4v) is 3.91. The molecule has 3 aromatic carbocycles. The Morgan fingerprint density at radius 2 is 1.71 bits per heavy atom. The molecule has 4 nitrogen and oxygen atoms in total. The number of aromatic nitrogens is 1. The number of hydrogen-bond acceptors (Lipinski definition) is 5. The first-order valence-corrected chi connectivity index (χ1v) is 9.83. The van der Waals surface area contributed by atoms with Gasteiger partial charge in [0.1, 0.15) is 11.3 Å². The molecule has 0 saturated carbocycles. The molecule has 0 aliphatic carbocycles. The number of benzene rings is 3. The zero-order valence-electron chi connectivity index (χ0n) is 15.2. The maximum Gasteiger partial charge on any atom is 0.204 e. The molecular weight excluding hydrogens is 366 g/mol. The van der Waals surface area contributed by atoms with E-state index in [0.29, 0.717) is 0 Å². The van der Waals surface area contributed by atoms with Gasteiger partial charge in [-0.2, -0.15) is 5.10 Å². The van der Waals surface area contributed by atoms with Crippen molar-refractivity contribution in [3.8, 4) is 11.3 Å². The minimum Gasteiger partial charge on any atom is -0.456 e. The Kier molecular flexibility index (Phi) is 4.14.